The second-order valence-electron chi connectivity index (χ2n) is 0.692. The second-order valence-corrected chi connectivity index (χ2v) is 0.692. The molecule has 0 N–H and O–H groups in total. The Morgan fingerprint density at radius 2 is 2.50 bits per heavy atom. The topological polar surface area (TPSA) is 29.4 Å². The van der Waals surface area contributed by atoms with E-state index >= 15 is 0 Å². The predicted octanol–water partition coefficient (Wildman–Crippen LogP) is -0.0766. The van der Waals surface area contributed by atoms with Crippen molar-refractivity contribution in [3.63, 3.8) is 0 Å². The normalized spacial score (nSPS) is 8.83. The van der Waals surface area contributed by atoms with E-state index in [4.69, 9.17) is 0 Å². The molecule has 0 aliphatic rings. The Hall–Kier alpha value is -0.595. The van der Waals surface area contributed by atoms with E-state index < -0.39 is 0 Å². The van der Waals surface area contributed by atoms with Crippen LogP contribution in [0.2, 0.25) is 6.82 Å². The smallest absolute Gasteiger partial charge is 0.271 e. The van der Waals surface area contributed by atoms with Gasteiger partial charge in [0, 0.05) is 6.21 Å². The SMILES string of the molecule is C[B]N=CC=O. The molecule has 0 aromatic carbocycles. The van der Waals surface area contributed by atoms with Crippen LogP contribution in [0.1, 0.15) is 0 Å². The minimum atomic E-state index is 0.639. The van der Waals surface area contributed by atoms with Crippen molar-refractivity contribution in [1.82, 2.24) is 0 Å². The Kier molecular flexibility index (Phi) is 3.97. The third kappa shape index (κ3) is 3.40. The summed E-state index contributed by atoms with van der Waals surface area (Å²) in [5, 5.41) is 0. The third-order valence-corrected chi connectivity index (χ3v) is 0.296. The van der Waals surface area contributed by atoms with Crippen LogP contribution in [0.25, 0.3) is 0 Å². The molecule has 0 rings (SSSR count). The molecule has 0 saturated heterocycles. The Balaban J connectivity index is 2.94. The molecule has 0 aromatic heterocycles. The van der Waals surface area contributed by atoms with Crippen LogP contribution in [0.3, 0.4) is 0 Å². The molecule has 3 heteroatoms. The van der Waals surface area contributed by atoms with Gasteiger partial charge in [0.2, 0.25) is 0 Å². The van der Waals surface area contributed by atoms with Crippen molar-refractivity contribution >= 4 is 19.9 Å². The van der Waals surface area contributed by atoms with Gasteiger partial charge in [0.15, 0.2) is 6.29 Å². The molecule has 1 radical (unpaired) electrons. The minimum Gasteiger partial charge on any atom is -0.353 e. The van der Waals surface area contributed by atoms with Crippen molar-refractivity contribution in [2.75, 3.05) is 0 Å². The molecule has 0 amide bonds. The standard InChI is InChI=1S/C3H5BNO/c1-4-5-2-3-6/h2-3H,1H3. The number of nitrogens with zero attached hydrogens (tertiary/aromatic N) is 1. The number of aldehydes is 1. The Bertz CT molecular complexity index is 61.8. The van der Waals surface area contributed by atoms with Gasteiger partial charge in [0.25, 0.3) is 7.41 Å². The zero-order valence-electron chi connectivity index (χ0n) is 3.59. The van der Waals surface area contributed by atoms with Crippen LogP contribution in [0.15, 0.2) is 4.90 Å². The predicted molar refractivity (Wildman–Crippen MR) is 26.2 cm³/mol. The fraction of sp³-hybridized carbons (Fsp3) is 0.333. The van der Waals surface area contributed by atoms with E-state index in [1.807, 2.05) is 0 Å². The van der Waals surface area contributed by atoms with Gasteiger partial charge < -0.3 is 4.90 Å². The molecule has 2 nitrogen and oxygen atoms in total. The highest BCUT2D eigenvalue weighted by Gasteiger charge is 1.63. The lowest BCUT2D eigenvalue weighted by Gasteiger charge is -1.64. The summed E-state index contributed by atoms with van der Waals surface area (Å²) in [6, 6.07) is 0. The first-order chi connectivity index (χ1) is 2.91. The van der Waals surface area contributed by atoms with E-state index in [0.717, 1.165) is 0 Å². The summed E-state index contributed by atoms with van der Waals surface area (Å²) in [4.78, 5) is 12.9. The van der Waals surface area contributed by atoms with Crippen molar-refractivity contribution < 1.29 is 4.79 Å². The molecule has 0 unspecified atom stereocenters. The van der Waals surface area contributed by atoms with Crippen molar-refractivity contribution in [3.05, 3.63) is 0 Å². The van der Waals surface area contributed by atoms with Crippen LogP contribution >= 0.6 is 0 Å². The van der Waals surface area contributed by atoms with Gasteiger partial charge in [-0.15, -0.1) is 0 Å². The van der Waals surface area contributed by atoms with Crippen molar-refractivity contribution in [2.24, 2.45) is 4.90 Å². The molecule has 0 saturated carbocycles. The largest absolute Gasteiger partial charge is 0.353 e. The fourth-order valence-corrected chi connectivity index (χ4v) is 0.121. The third-order valence-electron chi connectivity index (χ3n) is 0.296. The molecule has 31 valence electrons. The van der Waals surface area contributed by atoms with E-state index in [9.17, 15) is 4.79 Å². The van der Waals surface area contributed by atoms with Crippen molar-refractivity contribution in [1.29, 1.82) is 0 Å². The summed E-state index contributed by atoms with van der Waals surface area (Å²) >= 11 is 0. The quantitative estimate of drug-likeness (QED) is 0.260. The Morgan fingerprint density at radius 1 is 1.83 bits per heavy atom. The zero-order valence-corrected chi connectivity index (χ0v) is 3.59. The Labute approximate surface area is 37.5 Å². The van der Waals surface area contributed by atoms with Gasteiger partial charge in [-0.2, -0.15) is 0 Å². The van der Waals surface area contributed by atoms with Crippen LogP contribution in [-0.4, -0.2) is 19.9 Å². The van der Waals surface area contributed by atoms with Gasteiger partial charge in [0.1, 0.15) is 0 Å². The molecule has 0 spiro atoms. The lowest BCUT2D eigenvalue weighted by Crippen LogP contribution is -1.76. The summed E-state index contributed by atoms with van der Waals surface area (Å²) in [5.74, 6) is 0. The Morgan fingerprint density at radius 3 is 2.67 bits per heavy atom. The summed E-state index contributed by atoms with van der Waals surface area (Å²) in [5.41, 5.74) is 0. The van der Waals surface area contributed by atoms with E-state index in [-0.39, 0.29) is 0 Å². The molecule has 0 aliphatic carbocycles. The molecule has 0 heterocycles. The number of carbonyl (C=O) groups is 1. The summed E-state index contributed by atoms with van der Waals surface area (Å²) in [7, 11) is 1.55. The first-order valence-electron chi connectivity index (χ1n) is 1.66. The lowest BCUT2D eigenvalue weighted by atomic mass is 10.0. The molecular weight excluding hydrogens is 76.9 g/mol. The summed E-state index contributed by atoms with van der Waals surface area (Å²) in [6.45, 7) is 1.75. The highest BCUT2D eigenvalue weighted by molar-refractivity contribution is 6.36. The fourth-order valence-electron chi connectivity index (χ4n) is 0.121. The average molecular weight is 81.9 g/mol. The number of hydrogen-bond acceptors (Lipinski definition) is 2. The number of rotatable bonds is 2. The monoisotopic (exact) mass is 82.0 g/mol. The van der Waals surface area contributed by atoms with Crippen LogP contribution in [0.5, 0.6) is 0 Å². The van der Waals surface area contributed by atoms with E-state index in [0.29, 0.717) is 6.29 Å². The van der Waals surface area contributed by atoms with Crippen molar-refractivity contribution in [3.8, 4) is 0 Å². The first kappa shape index (κ1) is 5.40. The molecule has 0 bridgehead atoms. The minimum absolute atomic E-state index is 0.639. The molecule has 0 atom stereocenters. The summed E-state index contributed by atoms with van der Waals surface area (Å²) in [6.07, 6.45) is 1.83. The molecule has 0 aliphatic heterocycles. The highest BCUT2D eigenvalue weighted by atomic mass is 16.1. The zero-order chi connectivity index (χ0) is 4.83. The van der Waals surface area contributed by atoms with E-state index in [1.165, 1.54) is 6.21 Å². The maximum Gasteiger partial charge on any atom is 0.271 e. The van der Waals surface area contributed by atoms with Crippen LogP contribution < -0.4 is 0 Å². The maximum atomic E-state index is 9.39. The van der Waals surface area contributed by atoms with E-state index in [2.05, 4.69) is 4.90 Å². The highest BCUT2D eigenvalue weighted by Crippen LogP contribution is 1.52. The number of hydrogen-bond donors (Lipinski definition) is 0. The van der Waals surface area contributed by atoms with Crippen LogP contribution in [-0.2, 0) is 4.79 Å². The average Bonchev–Trinajstić information content (AvgIpc) is 1.61. The van der Waals surface area contributed by atoms with Crippen LogP contribution in [0.4, 0.5) is 0 Å². The van der Waals surface area contributed by atoms with Crippen LogP contribution in [0, 0.1) is 0 Å². The maximum absolute atomic E-state index is 9.39. The van der Waals surface area contributed by atoms with Gasteiger partial charge in [0.05, 0.1) is 0 Å². The lowest BCUT2D eigenvalue weighted by molar-refractivity contribution is -0.102. The van der Waals surface area contributed by atoms with E-state index in [1.54, 1.807) is 14.2 Å². The van der Waals surface area contributed by atoms with Gasteiger partial charge in [-0.3, -0.25) is 4.79 Å². The number of carbonyl (C=O) groups excluding carboxylic acids is 1. The van der Waals surface area contributed by atoms with Gasteiger partial charge in [-0.25, -0.2) is 0 Å². The second kappa shape index (κ2) is 4.40. The summed E-state index contributed by atoms with van der Waals surface area (Å²) < 4.78 is 0. The van der Waals surface area contributed by atoms with Gasteiger partial charge in [-0.1, -0.05) is 6.82 Å². The molecular formula is C3H5BNO. The first-order valence-corrected chi connectivity index (χ1v) is 1.66. The van der Waals surface area contributed by atoms with Gasteiger partial charge >= 0.3 is 0 Å². The molecule has 0 fully saturated rings. The van der Waals surface area contributed by atoms with Gasteiger partial charge in [-0.05, 0) is 0 Å². The molecule has 6 heavy (non-hydrogen) atoms. The molecule has 0 aromatic rings. The van der Waals surface area contributed by atoms with Crippen molar-refractivity contribution in [2.45, 2.75) is 6.82 Å².